The molecular weight excluding hydrogens is 144 g/mol. The number of allylic oxidation sites excluding steroid dienone is 2. The van der Waals surface area contributed by atoms with Crippen LogP contribution in [0.15, 0.2) is 11.6 Å². The summed E-state index contributed by atoms with van der Waals surface area (Å²) in [5, 5.41) is 0. The van der Waals surface area contributed by atoms with E-state index in [1.807, 2.05) is 0 Å². The Kier molecular flexibility index (Phi) is 3.37. The van der Waals surface area contributed by atoms with E-state index in [2.05, 4.69) is 33.8 Å². The van der Waals surface area contributed by atoms with Crippen molar-refractivity contribution >= 4 is 0 Å². The lowest BCUT2D eigenvalue weighted by molar-refractivity contribution is 0.309. The molecule has 0 heterocycles. The molecule has 1 rings (SSSR count). The van der Waals surface area contributed by atoms with Crippen LogP contribution in [0.2, 0.25) is 0 Å². The second-order valence-corrected chi connectivity index (χ2v) is 4.50. The van der Waals surface area contributed by atoms with Crippen molar-refractivity contribution in [3.63, 3.8) is 0 Å². The lowest BCUT2D eigenvalue weighted by atomic mass is 9.74. The molecule has 0 bridgehead atoms. The van der Waals surface area contributed by atoms with Crippen molar-refractivity contribution in [1.82, 2.24) is 0 Å². The van der Waals surface area contributed by atoms with Crippen LogP contribution in [0, 0.1) is 17.8 Å². The molecule has 1 aliphatic carbocycles. The van der Waals surface area contributed by atoms with Gasteiger partial charge >= 0.3 is 0 Å². The monoisotopic (exact) mass is 166 g/mol. The highest BCUT2D eigenvalue weighted by atomic mass is 14.3. The van der Waals surface area contributed by atoms with E-state index in [0.29, 0.717) is 0 Å². The smallest absolute Gasteiger partial charge is 0.0180 e. The first kappa shape index (κ1) is 9.83. The molecule has 0 fully saturated rings. The maximum absolute atomic E-state index is 2.47. The number of hydrogen-bond acceptors (Lipinski definition) is 0. The molecule has 0 saturated heterocycles. The van der Waals surface area contributed by atoms with Gasteiger partial charge in [-0.2, -0.15) is 0 Å². The molecule has 0 spiro atoms. The third-order valence-electron chi connectivity index (χ3n) is 3.16. The molecule has 0 amide bonds. The Morgan fingerprint density at radius 1 is 1.42 bits per heavy atom. The van der Waals surface area contributed by atoms with E-state index < -0.39 is 0 Å². The van der Waals surface area contributed by atoms with Crippen LogP contribution in [0.1, 0.15) is 47.0 Å². The summed E-state index contributed by atoms with van der Waals surface area (Å²) >= 11 is 0. The molecule has 12 heavy (non-hydrogen) atoms. The van der Waals surface area contributed by atoms with Gasteiger partial charge in [-0.3, -0.25) is 0 Å². The predicted octanol–water partition coefficient (Wildman–Crippen LogP) is 4.02. The van der Waals surface area contributed by atoms with Crippen molar-refractivity contribution in [2.24, 2.45) is 17.8 Å². The zero-order valence-corrected chi connectivity index (χ0v) is 8.93. The molecule has 70 valence electrons. The summed E-state index contributed by atoms with van der Waals surface area (Å²) in [5.74, 6) is 2.60. The topological polar surface area (TPSA) is 0 Å². The minimum Gasteiger partial charge on any atom is -0.0825 e. The van der Waals surface area contributed by atoms with E-state index in [1.54, 1.807) is 5.57 Å². The molecule has 0 heteroatoms. The fourth-order valence-corrected chi connectivity index (χ4v) is 2.66. The summed E-state index contributed by atoms with van der Waals surface area (Å²) < 4.78 is 0. The maximum Gasteiger partial charge on any atom is -0.0180 e. The van der Waals surface area contributed by atoms with Crippen LogP contribution in [0.3, 0.4) is 0 Å². The summed E-state index contributed by atoms with van der Waals surface area (Å²) in [6.07, 6.45) is 6.58. The van der Waals surface area contributed by atoms with Gasteiger partial charge < -0.3 is 0 Å². The molecule has 0 radical (unpaired) electrons. The van der Waals surface area contributed by atoms with Crippen molar-refractivity contribution in [1.29, 1.82) is 0 Å². The fourth-order valence-electron chi connectivity index (χ4n) is 2.66. The third-order valence-corrected chi connectivity index (χ3v) is 3.16. The van der Waals surface area contributed by atoms with E-state index in [1.165, 1.54) is 19.3 Å². The molecule has 0 N–H and O–H groups in total. The summed E-state index contributed by atoms with van der Waals surface area (Å²) in [6.45, 7) is 9.35. The summed E-state index contributed by atoms with van der Waals surface area (Å²) in [6, 6.07) is 0. The number of rotatable bonds is 2. The van der Waals surface area contributed by atoms with Crippen molar-refractivity contribution in [3.8, 4) is 0 Å². The minimum absolute atomic E-state index is 0.813. The van der Waals surface area contributed by atoms with Gasteiger partial charge in [-0.05, 0) is 37.5 Å². The number of hydrogen-bond donors (Lipinski definition) is 0. The van der Waals surface area contributed by atoms with E-state index in [9.17, 15) is 0 Å². The van der Waals surface area contributed by atoms with Gasteiger partial charge in [0, 0.05) is 0 Å². The Bertz CT molecular complexity index is 167. The van der Waals surface area contributed by atoms with Crippen LogP contribution in [0.25, 0.3) is 0 Å². The first-order valence-electron chi connectivity index (χ1n) is 5.33. The summed E-state index contributed by atoms with van der Waals surface area (Å²) in [4.78, 5) is 0. The second kappa shape index (κ2) is 4.11. The highest BCUT2D eigenvalue weighted by Crippen LogP contribution is 2.35. The van der Waals surface area contributed by atoms with Gasteiger partial charge in [0.1, 0.15) is 0 Å². The molecule has 3 unspecified atom stereocenters. The molecule has 0 aromatic rings. The summed E-state index contributed by atoms with van der Waals surface area (Å²) in [7, 11) is 0. The zero-order chi connectivity index (χ0) is 9.14. The van der Waals surface area contributed by atoms with Crippen LogP contribution in [-0.4, -0.2) is 0 Å². The highest BCUT2D eigenvalue weighted by Gasteiger charge is 2.23. The molecule has 1 aliphatic rings. The molecule has 0 aromatic carbocycles. The fraction of sp³-hybridized carbons (Fsp3) is 0.833. The van der Waals surface area contributed by atoms with Gasteiger partial charge in [0.2, 0.25) is 0 Å². The van der Waals surface area contributed by atoms with Crippen LogP contribution >= 0.6 is 0 Å². The SMILES string of the molecule is CCCC1C(C)=CC(C)CC1C. The molecule has 0 aliphatic heterocycles. The average Bonchev–Trinajstić information content (AvgIpc) is 1.96. The van der Waals surface area contributed by atoms with Gasteiger partial charge in [-0.15, -0.1) is 0 Å². The minimum atomic E-state index is 0.813. The largest absolute Gasteiger partial charge is 0.0825 e. The maximum atomic E-state index is 2.47. The van der Waals surface area contributed by atoms with E-state index in [4.69, 9.17) is 0 Å². The van der Waals surface area contributed by atoms with Crippen LogP contribution in [-0.2, 0) is 0 Å². The second-order valence-electron chi connectivity index (χ2n) is 4.50. The standard InChI is InChI=1S/C12H22/c1-5-6-12-10(3)7-9(2)8-11(12)4/h7,9,11-12H,5-6,8H2,1-4H3. The predicted molar refractivity (Wildman–Crippen MR) is 55.1 cm³/mol. The van der Waals surface area contributed by atoms with Crippen molar-refractivity contribution in [3.05, 3.63) is 11.6 Å². The Morgan fingerprint density at radius 3 is 2.58 bits per heavy atom. The molecule has 0 aromatic heterocycles. The lowest BCUT2D eigenvalue weighted by Crippen LogP contribution is -2.20. The van der Waals surface area contributed by atoms with Crippen LogP contribution in [0.4, 0.5) is 0 Å². The normalized spacial score (nSPS) is 36.3. The van der Waals surface area contributed by atoms with Crippen molar-refractivity contribution in [2.75, 3.05) is 0 Å². The van der Waals surface area contributed by atoms with Gasteiger partial charge in [-0.25, -0.2) is 0 Å². The van der Waals surface area contributed by atoms with Gasteiger partial charge in [-0.1, -0.05) is 38.8 Å². The first-order chi connectivity index (χ1) is 5.65. The molecule has 3 atom stereocenters. The first-order valence-corrected chi connectivity index (χ1v) is 5.33. The quantitative estimate of drug-likeness (QED) is 0.543. The Balaban J connectivity index is 2.65. The van der Waals surface area contributed by atoms with Gasteiger partial charge in [0.25, 0.3) is 0 Å². The Labute approximate surface area is 77.1 Å². The zero-order valence-electron chi connectivity index (χ0n) is 8.93. The summed E-state index contributed by atoms with van der Waals surface area (Å²) in [5.41, 5.74) is 1.64. The molecule has 0 nitrogen and oxygen atoms in total. The van der Waals surface area contributed by atoms with Gasteiger partial charge in [0.05, 0.1) is 0 Å². The van der Waals surface area contributed by atoms with Crippen molar-refractivity contribution in [2.45, 2.75) is 47.0 Å². The highest BCUT2D eigenvalue weighted by molar-refractivity contribution is 5.10. The molecule has 0 saturated carbocycles. The van der Waals surface area contributed by atoms with E-state index >= 15 is 0 Å². The Morgan fingerprint density at radius 2 is 2.08 bits per heavy atom. The third kappa shape index (κ3) is 2.12. The van der Waals surface area contributed by atoms with Gasteiger partial charge in [0.15, 0.2) is 0 Å². The lowest BCUT2D eigenvalue weighted by Gasteiger charge is -2.31. The van der Waals surface area contributed by atoms with Crippen molar-refractivity contribution < 1.29 is 0 Å². The van der Waals surface area contributed by atoms with Crippen LogP contribution < -0.4 is 0 Å². The van der Waals surface area contributed by atoms with Crippen LogP contribution in [0.5, 0.6) is 0 Å². The molecular formula is C12H22. The Hall–Kier alpha value is -0.260. The average molecular weight is 166 g/mol. The van der Waals surface area contributed by atoms with E-state index in [-0.39, 0.29) is 0 Å². The van der Waals surface area contributed by atoms with E-state index in [0.717, 1.165) is 17.8 Å².